The molecule has 0 unspecified atom stereocenters. The first-order chi connectivity index (χ1) is 36.6. The summed E-state index contributed by atoms with van der Waals surface area (Å²) in [5, 5.41) is 0. The van der Waals surface area contributed by atoms with Gasteiger partial charge in [-0.05, 0) is 47.5 Å². The first-order valence-corrected chi connectivity index (χ1v) is 25.7. The summed E-state index contributed by atoms with van der Waals surface area (Å²) in [4.78, 5) is 2.75. The SMILES string of the molecule is FC(F)(F)c1cc([B-](c2cc(C(F)(F)F)cc(C(F)(F)F)c2)(c2cc(C(F)(F)F)cc(C(F)(F)F)c2)c2cc(C(F)(F)F)cc(C(F)(F)F)c2)cc(C(F)(F)F)c1.c1ccc(-c2ccc([I+]c3ccc(-c4ccccc4)s3)s2)cc1. The van der Waals surface area contributed by atoms with Crippen molar-refractivity contribution in [1.82, 2.24) is 0 Å². The molecule has 0 radical (unpaired) electrons. The van der Waals surface area contributed by atoms with E-state index in [-0.39, 0.29) is 21.2 Å². The molecule has 6 aromatic carbocycles. The molecule has 0 bridgehead atoms. The molecule has 0 spiro atoms. The Morgan fingerprint density at radius 1 is 0.250 bits per heavy atom. The zero-order valence-corrected chi connectivity index (χ0v) is 42.6. The van der Waals surface area contributed by atoms with Gasteiger partial charge in [0.05, 0.1) is 44.5 Å². The summed E-state index contributed by atoms with van der Waals surface area (Å²) in [5.74, 6) is 0. The van der Waals surface area contributed by atoms with Crippen molar-refractivity contribution in [1.29, 1.82) is 0 Å². The van der Waals surface area contributed by atoms with Crippen molar-refractivity contribution >= 4 is 50.7 Å². The highest BCUT2D eigenvalue weighted by molar-refractivity contribution is 7.20. The Hall–Kier alpha value is -6.17. The van der Waals surface area contributed by atoms with Crippen molar-refractivity contribution in [3.63, 3.8) is 0 Å². The predicted octanol–water partition coefficient (Wildman–Crippen LogP) is 14.5. The maximum Gasteiger partial charge on any atom is 0.416 e. The molecule has 0 atom stereocenters. The molecule has 8 rings (SSSR count). The lowest BCUT2D eigenvalue weighted by Gasteiger charge is -2.46. The fourth-order valence-corrected chi connectivity index (χ4v) is 14.7. The standard InChI is InChI=1S/C32H12BF24.C20H14IS2/c34-25(35,36)13-1-14(26(37,38)39)6-21(5-13)33(22-7-15(27(40,41)42)2-16(8-22)28(43,44)45,23-9-17(29(46,47)48)3-18(10-23)30(49,50)51)24-11-19(31(52,53)54)4-20(12-24)32(55,56)57;1-3-7-15(8-4-1)17-11-13-19(22-17)21-20-14-12-18(23-20)16-9-5-2-6-10-16/h1-12H;1-14H/q-1;+1. The maximum atomic E-state index is 14.2. The van der Waals surface area contributed by atoms with Crippen LogP contribution in [0.1, 0.15) is 44.5 Å². The van der Waals surface area contributed by atoms with E-state index in [4.69, 9.17) is 0 Å². The van der Waals surface area contributed by atoms with Gasteiger partial charge in [-0.25, -0.2) is 0 Å². The molecule has 0 saturated carbocycles. The Bertz CT molecular complexity index is 2950. The molecule has 0 fully saturated rings. The lowest BCUT2D eigenvalue weighted by atomic mass is 9.12. The van der Waals surface area contributed by atoms with E-state index >= 15 is 0 Å². The lowest BCUT2D eigenvalue weighted by molar-refractivity contribution is -0.585. The van der Waals surface area contributed by atoms with Gasteiger partial charge in [0.25, 0.3) is 0 Å². The van der Waals surface area contributed by atoms with Crippen molar-refractivity contribution < 1.29 is 127 Å². The van der Waals surface area contributed by atoms with Crippen LogP contribution in [0.25, 0.3) is 20.9 Å². The van der Waals surface area contributed by atoms with Crippen molar-refractivity contribution in [2.24, 2.45) is 0 Å². The first-order valence-electron chi connectivity index (χ1n) is 22.0. The largest absolute Gasteiger partial charge is 0.416 e. The quantitative estimate of drug-likeness (QED) is 0.0808. The fraction of sp³-hybridized carbons (Fsp3) is 0.154. The second-order valence-electron chi connectivity index (χ2n) is 17.3. The van der Waals surface area contributed by atoms with Crippen LogP contribution in [0.15, 0.2) is 158 Å². The zero-order chi connectivity index (χ0) is 59.4. The minimum absolute atomic E-state index is 0.0765. The molecule has 0 N–H and O–H groups in total. The van der Waals surface area contributed by atoms with Crippen molar-refractivity contribution in [3.8, 4) is 20.9 Å². The molecule has 28 heteroatoms. The second-order valence-corrected chi connectivity index (χ2v) is 23.8. The van der Waals surface area contributed by atoms with Gasteiger partial charge in [0, 0.05) is 21.9 Å². The summed E-state index contributed by atoms with van der Waals surface area (Å²) < 4.78 is 344. The van der Waals surface area contributed by atoms with Crippen molar-refractivity contribution in [3.05, 3.63) is 208 Å². The van der Waals surface area contributed by atoms with E-state index in [0.29, 0.717) is 0 Å². The predicted molar refractivity (Wildman–Crippen MR) is 247 cm³/mol. The Morgan fingerprint density at radius 3 is 0.637 bits per heavy atom. The molecule has 80 heavy (non-hydrogen) atoms. The smallest absolute Gasteiger partial charge is 0.194 e. The average Bonchev–Trinajstić information content (AvgIpc) is 4.12. The van der Waals surface area contributed by atoms with Crippen LogP contribution in [0, 0.1) is 5.77 Å². The number of halogens is 25. The van der Waals surface area contributed by atoms with Gasteiger partial charge in [-0.2, -0.15) is 127 Å². The third kappa shape index (κ3) is 14.1. The molecule has 0 amide bonds. The summed E-state index contributed by atoms with van der Waals surface area (Å²) in [5.41, 5.74) is -27.6. The van der Waals surface area contributed by atoms with E-state index in [2.05, 4.69) is 84.9 Å². The molecule has 0 aliphatic heterocycles. The highest BCUT2D eigenvalue weighted by Crippen LogP contribution is 2.42. The molecule has 424 valence electrons. The molecule has 2 heterocycles. The second kappa shape index (κ2) is 22.0. The minimum atomic E-state index is -6.13. The number of rotatable bonds is 8. The molecule has 8 aromatic rings. The minimum Gasteiger partial charge on any atom is -0.194 e. The van der Waals surface area contributed by atoms with Crippen LogP contribution < -0.4 is 43.1 Å². The van der Waals surface area contributed by atoms with Crippen molar-refractivity contribution in [2.45, 2.75) is 49.4 Å². The van der Waals surface area contributed by atoms with Crippen LogP contribution in [0.4, 0.5) is 105 Å². The van der Waals surface area contributed by atoms with E-state index in [1.54, 1.807) is 0 Å². The van der Waals surface area contributed by atoms with Crippen LogP contribution in [-0.2, 0) is 49.4 Å². The van der Waals surface area contributed by atoms with Crippen LogP contribution in [-0.4, -0.2) is 6.15 Å². The number of benzene rings is 6. The normalized spacial score (nSPS) is 13.3. The first kappa shape index (κ1) is 61.5. The molecule has 0 aliphatic carbocycles. The third-order valence-electron chi connectivity index (χ3n) is 11.9. The molecule has 2 aromatic heterocycles. The van der Waals surface area contributed by atoms with Gasteiger partial charge in [0.2, 0.25) is 5.77 Å². The summed E-state index contributed by atoms with van der Waals surface area (Å²) in [6.07, 6.45) is -54.8. The summed E-state index contributed by atoms with van der Waals surface area (Å²) in [7, 11) is 0. The highest BCUT2D eigenvalue weighted by atomic mass is 127. The number of alkyl halides is 24. The van der Waals surface area contributed by atoms with E-state index in [1.807, 2.05) is 22.7 Å². The Labute approximate surface area is 453 Å². The van der Waals surface area contributed by atoms with E-state index in [1.165, 1.54) is 26.6 Å². The van der Waals surface area contributed by atoms with Crippen molar-refractivity contribution in [2.75, 3.05) is 0 Å². The van der Waals surface area contributed by atoms with E-state index in [0.717, 1.165) is 0 Å². The van der Waals surface area contributed by atoms with Crippen LogP contribution >= 0.6 is 22.7 Å². The fourth-order valence-electron chi connectivity index (χ4n) is 8.41. The third-order valence-corrected chi connectivity index (χ3v) is 17.9. The lowest BCUT2D eigenvalue weighted by Crippen LogP contribution is -3.61. The number of hydrogen-bond donors (Lipinski definition) is 0. The number of thiophene rings is 2. The van der Waals surface area contributed by atoms with Gasteiger partial charge in [-0.15, -0.1) is 0 Å². The molecule has 0 aliphatic rings. The molecular formula is C52H26BF24IS2. The van der Waals surface area contributed by atoms with E-state index < -0.39 is 195 Å². The molecular weight excluding hydrogens is 1280 g/mol. The topological polar surface area (TPSA) is 0 Å². The van der Waals surface area contributed by atoms with E-state index in [9.17, 15) is 105 Å². The van der Waals surface area contributed by atoms with Gasteiger partial charge in [0.1, 0.15) is 6.15 Å². The summed E-state index contributed by atoms with van der Waals surface area (Å²) in [6.45, 7) is 0. The van der Waals surface area contributed by atoms with Gasteiger partial charge < -0.3 is 0 Å². The summed E-state index contributed by atoms with van der Waals surface area (Å²) >= 11 is 3.81. The molecule has 0 saturated heterocycles. The van der Waals surface area contributed by atoms with Gasteiger partial charge in [-0.1, -0.05) is 132 Å². The Balaban J connectivity index is 0.000000329. The maximum absolute atomic E-state index is 14.2. The summed E-state index contributed by atoms with van der Waals surface area (Å²) in [6, 6.07) is 21.7. The van der Waals surface area contributed by atoms with Gasteiger partial charge >= 0.3 is 70.6 Å². The Morgan fingerprint density at radius 2 is 0.450 bits per heavy atom. The zero-order valence-electron chi connectivity index (χ0n) is 38.9. The van der Waals surface area contributed by atoms with Gasteiger partial charge in [0.15, 0.2) is 0 Å². The van der Waals surface area contributed by atoms with Gasteiger partial charge in [-0.3, -0.25) is 0 Å². The van der Waals surface area contributed by atoms with Crippen LogP contribution in [0.5, 0.6) is 0 Å². The number of hydrogen-bond acceptors (Lipinski definition) is 2. The average molecular weight is 1310 g/mol. The Kier molecular flexibility index (Phi) is 16.9. The highest BCUT2D eigenvalue weighted by Gasteiger charge is 2.47. The van der Waals surface area contributed by atoms with Crippen LogP contribution in [0.3, 0.4) is 0 Å². The monoisotopic (exact) mass is 1310 g/mol. The molecule has 0 nitrogen and oxygen atoms in total. The van der Waals surface area contributed by atoms with Crippen LogP contribution in [0.2, 0.25) is 0 Å².